The first-order valence-electron chi connectivity index (χ1n) is 9.88. The number of benzene rings is 1. The molecule has 1 aliphatic heterocycles. The second-order valence-corrected chi connectivity index (χ2v) is 10.0. The number of carbonyl (C=O) groups is 3. The van der Waals surface area contributed by atoms with Gasteiger partial charge in [0.05, 0.1) is 29.7 Å². The van der Waals surface area contributed by atoms with Gasteiger partial charge in [0.1, 0.15) is 0 Å². The van der Waals surface area contributed by atoms with Gasteiger partial charge in [-0.3, -0.25) is 14.5 Å². The molecule has 1 aromatic rings. The Hall–Kier alpha value is -1.21. The lowest BCUT2D eigenvalue weighted by atomic mass is 9.81. The maximum atomic E-state index is 13.0. The monoisotopic (exact) mass is 511 g/mol. The zero-order chi connectivity index (χ0) is 20.0. The molecule has 150 valence electrons. The minimum atomic E-state index is -0.374. The number of fused-ring (bicyclic) bond motifs is 5. The van der Waals surface area contributed by atoms with Crippen molar-refractivity contribution in [3.63, 3.8) is 0 Å². The Morgan fingerprint density at radius 3 is 2.14 bits per heavy atom. The van der Waals surface area contributed by atoms with Gasteiger partial charge in [-0.1, -0.05) is 51.6 Å². The van der Waals surface area contributed by atoms with Crippen LogP contribution in [0.4, 0.5) is 5.69 Å². The molecule has 1 heterocycles. The molecule has 28 heavy (non-hydrogen) atoms. The highest BCUT2D eigenvalue weighted by Gasteiger charge is 2.66. The number of rotatable bonds is 6. The average Bonchev–Trinajstić information content (AvgIpc) is 3.30. The highest BCUT2D eigenvalue weighted by Crippen LogP contribution is 2.60. The quantitative estimate of drug-likeness (QED) is 0.246. The minimum Gasteiger partial charge on any atom is -0.462 e. The van der Waals surface area contributed by atoms with Gasteiger partial charge in [0.25, 0.3) is 0 Å². The van der Waals surface area contributed by atoms with Crippen LogP contribution in [0.15, 0.2) is 24.3 Å². The summed E-state index contributed by atoms with van der Waals surface area (Å²) in [5.74, 6) is -0.683. The number of unbranched alkanes of at least 4 members (excludes halogenated alkanes) is 2. The van der Waals surface area contributed by atoms with Crippen LogP contribution in [0.2, 0.25) is 0 Å². The van der Waals surface area contributed by atoms with E-state index in [2.05, 4.69) is 38.8 Å². The van der Waals surface area contributed by atoms with E-state index in [0.717, 1.165) is 25.7 Å². The maximum Gasteiger partial charge on any atom is 0.338 e. The van der Waals surface area contributed by atoms with Gasteiger partial charge >= 0.3 is 5.97 Å². The molecule has 7 heteroatoms. The topological polar surface area (TPSA) is 63.7 Å². The number of carbonyl (C=O) groups excluding carboxylic acids is 3. The summed E-state index contributed by atoms with van der Waals surface area (Å²) >= 11 is 7.39. The van der Waals surface area contributed by atoms with E-state index in [1.165, 1.54) is 4.90 Å². The summed E-state index contributed by atoms with van der Waals surface area (Å²) in [5.41, 5.74) is 0.962. The molecule has 3 aliphatic rings. The van der Waals surface area contributed by atoms with Crippen LogP contribution in [0.1, 0.15) is 43.0 Å². The fraction of sp³-hybridized carbons (Fsp3) is 0.571. The third-order valence-corrected chi connectivity index (χ3v) is 9.54. The maximum absolute atomic E-state index is 13.0. The Morgan fingerprint density at radius 2 is 1.61 bits per heavy atom. The Labute approximate surface area is 181 Å². The van der Waals surface area contributed by atoms with Gasteiger partial charge in [0, 0.05) is 9.65 Å². The molecule has 2 amide bonds. The Bertz CT molecular complexity index is 764. The molecule has 5 nitrogen and oxygen atoms in total. The van der Waals surface area contributed by atoms with Crippen LogP contribution >= 0.6 is 31.9 Å². The second-order valence-electron chi connectivity index (χ2n) is 7.91. The van der Waals surface area contributed by atoms with Crippen molar-refractivity contribution >= 4 is 55.3 Å². The average molecular weight is 513 g/mol. The normalized spacial score (nSPS) is 33.5. The first-order chi connectivity index (χ1) is 13.5. The van der Waals surface area contributed by atoms with E-state index < -0.39 is 0 Å². The van der Waals surface area contributed by atoms with Crippen LogP contribution in [0, 0.1) is 23.7 Å². The molecule has 0 radical (unpaired) electrons. The summed E-state index contributed by atoms with van der Waals surface area (Å²) in [6, 6.07) is 6.58. The summed E-state index contributed by atoms with van der Waals surface area (Å²) in [5, 5.41) is 0. The number of amides is 2. The molecule has 4 rings (SSSR count). The van der Waals surface area contributed by atoms with Crippen LogP contribution in [0.25, 0.3) is 0 Å². The van der Waals surface area contributed by atoms with Crippen molar-refractivity contribution in [1.82, 2.24) is 0 Å². The van der Waals surface area contributed by atoms with E-state index in [1.54, 1.807) is 24.3 Å². The van der Waals surface area contributed by atoms with Crippen LogP contribution in [-0.2, 0) is 14.3 Å². The van der Waals surface area contributed by atoms with E-state index in [4.69, 9.17) is 4.74 Å². The number of nitrogens with zero attached hydrogens (tertiary/aromatic N) is 1. The predicted molar refractivity (Wildman–Crippen MR) is 113 cm³/mol. The van der Waals surface area contributed by atoms with Gasteiger partial charge in [-0.25, -0.2) is 4.79 Å². The Morgan fingerprint density at radius 1 is 1.04 bits per heavy atom. The van der Waals surface area contributed by atoms with Crippen molar-refractivity contribution in [2.75, 3.05) is 11.5 Å². The molecule has 0 spiro atoms. The van der Waals surface area contributed by atoms with Crippen molar-refractivity contribution < 1.29 is 19.1 Å². The van der Waals surface area contributed by atoms with Crippen LogP contribution in [-0.4, -0.2) is 34.0 Å². The van der Waals surface area contributed by atoms with E-state index in [0.29, 0.717) is 17.9 Å². The fourth-order valence-electron chi connectivity index (χ4n) is 4.95. The number of imide groups is 1. The molecule has 0 unspecified atom stereocenters. The second kappa shape index (κ2) is 7.90. The smallest absolute Gasteiger partial charge is 0.338 e. The number of esters is 1. The van der Waals surface area contributed by atoms with Crippen molar-refractivity contribution in [2.45, 2.75) is 42.3 Å². The summed E-state index contributed by atoms with van der Waals surface area (Å²) in [4.78, 5) is 40.0. The molecule has 6 atom stereocenters. The molecule has 2 aliphatic carbocycles. The number of hydrogen-bond acceptors (Lipinski definition) is 4. The van der Waals surface area contributed by atoms with Crippen molar-refractivity contribution in [1.29, 1.82) is 0 Å². The van der Waals surface area contributed by atoms with Crippen LogP contribution in [0.5, 0.6) is 0 Å². The number of alkyl halides is 2. The van der Waals surface area contributed by atoms with Gasteiger partial charge < -0.3 is 4.74 Å². The highest BCUT2D eigenvalue weighted by atomic mass is 79.9. The van der Waals surface area contributed by atoms with E-state index in [1.807, 2.05) is 0 Å². The molecule has 0 aromatic heterocycles. The van der Waals surface area contributed by atoms with Crippen LogP contribution < -0.4 is 4.90 Å². The van der Waals surface area contributed by atoms with Crippen molar-refractivity contribution in [2.24, 2.45) is 23.7 Å². The molecule has 0 N–H and O–H groups in total. The number of halogens is 2. The summed E-state index contributed by atoms with van der Waals surface area (Å²) in [6.45, 7) is 2.50. The van der Waals surface area contributed by atoms with E-state index >= 15 is 0 Å². The molecule has 2 bridgehead atoms. The first kappa shape index (κ1) is 20.1. The molecular formula is C21H23Br2NO4. The van der Waals surface area contributed by atoms with Gasteiger partial charge in [0.15, 0.2) is 0 Å². The standard InChI is InChI=1S/C21H23Br2NO4/c1-2-3-4-9-28-21(27)11-5-7-12(8-6-11)24-19(25)15-13-10-14(16(15)20(24)26)18(23)17(13)22/h5-8,13-18H,2-4,9-10H2,1H3/t13-,14-,15-,16-,17-,18+/m1/s1. The summed E-state index contributed by atoms with van der Waals surface area (Å²) < 4.78 is 5.26. The zero-order valence-electron chi connectivity index (χ0n) is 15.6. The molecule has 3 fully saturated rings. The Kier molecular flexibility index (Phi) is 5.67. The molecule has 2 saturated carbocycles. The third kappa shape index (κ3) is 3.15. The van der Waals surface area contributed by atoms with Gasteiger partial charge in [-0.2, -0.15) is 0 Å². The fourth-order valence-corrected chi connectivity index (χ4v) is 6.82. The molecular weight excluding hydrogens is 490 g/mol. The Balaban J connectivity index is 1.47. The number of anilines is 1. The number of ether oxygens (including phenoxy) is 1. The molecule has 1 saturated heterocycles. The lowest BCUT2D eigenvalue weighted by Gasteiger charge is -2.28. The number of hydrogen-bond donors (Lipinski definition) is 0. The van der Waals surface area contributed by atoms with Gasteiger partial charge in [-0.05, 0) is 48.9 Å². The van der Waals surface area contributed by atoms with Crippen LogP contribution in [0.3, 0.4) is 0 Å². The third-order valence-electron chi connectivity index (χ3n) is 6.33. The minimum absolute atomic E-state index is 0.110. The summed E-state index contributed by atoms with van der Waals surface area (Å²) in [7, 11) is 0. The van der Waals surface area contributed by atoms with E-state index in [9.17, 15) is 14.4 Å². The van der Waals surface area contributed by atoms with Gasteiger partial charge in [0.2, 0.25) is 11.8 Å². The van der Waals surface area contributed by atoms with Crippen molar-refractivity contribution in [3.8, 4) is 0 Å². The zero-order valence-corrected chi connectivity index (χ0v) is 18.8. The lowest BCUT2D eigenvalue weighted by molar-refractivity contribution is -0.123. The molecule has 1 aromatic carbocycles. The van der Waals surface area contributed by atoms with E-state index in [-0.39, 0.29) is 51.1 Å². The SMILES string of the molecule is CCCCCOC(=O)c1ccc(N2C(=O)[C@@H]3[C@H]4C[C@@H]([C@@H](Br)[C@H]4Br)[C@H]3C2=O)cc1. The largest absolute Gasteiger partial charge is 0.462 e. The highest BCUT2D eigenvalue weighted by molar-refractivity contribution is 9.12. The summed E-state index contributed by atoms with van der Waals surface area (Å²) in [6.07, 6.45) is 3.86. The first-order valence-corrected chi connectivity index (χ1v) is 11.7. The predicted octanol–water partition coefficient (Wildman–Crippen LogP) is 4.32. The van der Waals surface area contributed by atoms with Gasteiger partial charge in [-0.15, -0.1) is 0 Å². The van der Waals surface area contributed by atoms with Crippen molar-refractivity contribution in [3.05, 3.63) is 29.8 Å². The lowest BCUT2D eigenvalue weighted by Crippen LogP contribution is -2.37.